The molecule has 0 aliphatic carbocycles. The fourth-order valence-electron chi connectivity index (χ4n) is 2.26. The summed E-state index contributed by atoms with van der Waals surface area (Å²) in [5.41, 5.74) is 4.07. The predicted molar refractivity (Wildman–Crippen MR) is 112 cm³/mol. The Labute approximate surface area is 178 Å². The molecule has 0 aliphatic rings. The minimum atomic E-state index is -0.528. The van der Waals surface area contributed by atoms with Crippen LogP contribution in [0.15, 0.2) is 64.3 Å². The summed E-state index contributed by atoms with van der Waals surface area (Å²) in [6.07, 6.45) is 2.65. The Morgan fingerprint density at radius 1 is 1.28 bits per heavy atom. The van der Waals surface area contributed by atoms with Crippen LogP contribution in [0.2, 0.25) is 5.02 Å². The molecule has 7 nitrogen and oxygen atoms in total. The van der Waals surface area contributed by atoms with Crippen molar-refractivity contribution in [2.45, 2.75) is 6.61 Å². The summed E-state index contributed by atoms with van der Waals surface area (Å²) < 4.78 is 19.3. The third kappa shape index (κ3) is 5.72. The number of halogens is 3. The topological polar surface area (TPSA) is 89.7 Å². The van der Waals surface area contributed by atoms with Crippen LogP contribution in [0.4, 0.5) is 15.9 Å². The first-order valence-corrected chi connectivity index (χ1v) is 9.35. The molecule has 0 spiro atoms. The first-order chi connectivity index (χ1) is 13.9. The van der Waals surface area contributed by atoms with Crippen molar-refractivity contribution in [2.75, 3.05) is 5.43 Å². The minimum Gasteiger partial charge on any atom is -0.486 e. The van der Waals surface area contributed by atoms with E-state index in [0.29, 0.717) is 26.6 Å². The number of hydrogen-bond acceptors (Lipinski definition) is 6. The molecular weight excluding hydrogens is 467 g/mol. The van der Waals surface area contributed by atoms with E-state index in [1.807, 2.05) is 0 Å². The summed E-state index contributed by atoms with van der Waals surface area (Å²) in [6, 6.07) is 12.2. The Kier molecular flexibility index (Phi) is 6.73. The van der Waals surface area contributed by atoms with Gasteiger partial charge in [-0.15, -0.1) is 0 Å². The second kappa shape index (κ2) is 9.44. The van der Waals surface area contributed by atoms with Crippen molar-refractivity contribution in [3.63, 3.8) is 0 Å². The fraction of sp³-hybridized carbons (Fsp3) is 0.0526. The SMILES string of the molecule is O=[N+]([O-])c1ccc(N/N=C\c2cc(Cl)c(OCc3ccc(F)cc3)c(Br)c2)nc1. The Hall–Kier alpha value is -3.04. The van der Waals surface area contributed by atoms with Gasteiger partial charge in [0.15, 0.2) is 5.75 Å². The maximum atomic E-state index is 13.0. The molecule has 0 radical (unpaired) electrons. The molecular formula is C19H13BrClFN4O3. The van der Waals surface area contributed by atoms with Gasteiger partial charge in [-0.05, 0) is 57.4 Å². The molecule has 0 unspecified atom stereocenters. The van der Waals surface area contributed by atoms with Gasteiger partial charge >= 0.3 is 0 Å². The third-order valence-electron chi connectivity index (χ3n) is 3.67. The van der Waals surface area contributed by atoms with Gasteiger partial charge < -0.3 is 4.74 Å². The van der Waals surface area contributed by atoms with Crippen LogP contribution < -0.4 is 10.2 Å². The lowest BCUT2D eigenvalue weighted by molar-refractivity contribution is -0.385. The van der Waals surface area contributed by atoms with E-state index < -0.39 is 4.92 Å². The smallest absolute Gasteiger partial charge is 0.287 e. The summed E-state index contributed by atoms with van der Waals surface area (Å²) in [4.78, 5) is 14.0. The highest BCUT2D eigenvalue weighted by atomic mass is 79.9. The van der Waals surface area contributed by atoms with Gasteiger partial charge in [-0.3, -0.25) is 15.5 Å². The van der Waals surface area contributed by atoms with Crippen LogP contribution in [0.25, 0.3) is 0 Å². The number of benzene rings is 2. The number of ether oxygens (including phenoxy) is 1. The number of aromatic nitrogens is 1. The number of nitrogens with one attached hydrogen (secondary N) is 1. The van der Waals surface area contributed by atoms with Crippen LogP contribution >= 0.6 is 27.5 Å². The highest BCUT2D eigenvalue weighted by Gasteiger charge is 2.10. The van der Waals surface area contributed by atoms with Crippen molar-refractivity contribution in [3.8, 4) is 5.75 Å². The standard InChI is InChI=1S/C19H13BrClFN4O3/c20-16-7-13(9-24-25-18-6-5-15(10-23-18)26(27)28)8-17(21)19(16)29-11-12-1-3-14(22)4-2-12/h1-10H,11H2,(H,23,25)/b24-9-. The molecule has 3 rings (SSSR count). The second-order valence-corrected chi connectivity index (χ2v) is 7.02. The Morgan fingerprint density at radius 2 is 2.03 bits per heavy atom. The quantitative estimate of drug-likeness (QED) is 0.272. The van der Waals surface area contributed by atoms with E-state index in [-0.39, 0.29) is 18.1 Å². The summed E-state index contributed by atoms with van der Waals surface area (Å²) in [7, 11) is 0. The van der Waals surface area contributed by atoms with Gasteiger partial charge in [0.2, 0.25) is 0 Å². The number of rotatable bonds is 7. The lowest BCUT2D eigenvalue weighted by Crippen LogP contribution is -1.98. The van der Waals surface area contributed by atoms with Gasteiger partial charge in [0.25, 0.3) is 5.69 Å². The highest BCUT2D eigenvalue weighted by Crippen LogP contribution is 2.34. The Morgan fingerprint density at radius 3 is 2.66 bits per heavy atom. The molecule has 0 fully saturated rings. The molecule has 0 atom stereocenters. The highest BCUT2D eigenvalue weighted by molar-refractivity contribution is 9.10. The predicted octanol–water partition coefficient (Wildman–Crippen LogP) is 5.57. The van der Waals surface area contributed by atoms with E-state index in [9.17, 15) is 14.5 Å². The molecule has 29 heavy (non-hydrogen) atoms. The molecule has 0 bridgehead atoms. The first kappa shape index (κ1) is 20.7. The minimum absolute atomic E-state index is 0.105. The van der Waals surface area contributed by atoms with Crippen LogP contribution in [0.1, 0.15) is 11.1 Å². The van der Waals surface area contributed by atoms with E-state index >= 15 is 0 Å². The number of nitro groups is 1. The van der Waals surface area contributed by atoms with Crippen molar-refractivity contribution >= 4 is 45.3 Å². The van der Waals surface area contributed by atoms with Gasteiger partial charge in [0.1, 0.15) is 24.4 Å². The number of hydrogen-bond donors (Lipinski definition) is 1. The largest absolute Gasteiger partial charge is 0.486 e. The fourth-order valence-corrected chi connectivity index (χ4v) is 3.25. The van der Waals surface area contributed by atoms with Crippen LogP contribution in [0.5, 0.6) is 5.75 Å². The molecule has 0 saturated carbocycles. The number of nitrogens with zero attached hydrogens (tertiary/aromatic N) is 3. The number of hydrazone groups is 1. The average Bonchev–Trinajstić information content (AvgIpc) is 2.69. The second-order valence-electron chi connectivity index (χ2n) is 5.76. The molecule has 0 aliphatic heterocycles. The van der Waals surface area contributed by atoms with Crippen LogP contribution in [-0.4, -0.2) is 16.1 Å². The summed E-state index contributed by atoms with van der Waals surface area (Å²) in [5.74, 6) is 0.503. The monoisotopic (exact) mass is 478 g/mol. The molecule has 148 valence electrons. The van der Waals surface area contributed by atoms with Gasteiger partial charge in [0, 0.05) is 6.07 Å². The zero-order valence-electron chi connectivity index (χ0n) is 14.7. The molecule has 3 aromatic rings. The van der Waals surface area contributed by atoms with Gasteiger partial charge in [-0.1, -0.05) is 23.7 Å². The normalized spacial score (nSPS) is 10.9. The van der Waals surface area contributed by atoms with E-state index in [2.05, 4.69) is 31.4 Å². The van der Waals surface area contributed by atoms with Crippen molar-refractivity contribution in [2.24, 2.45) is 5.10 Å². The van der Waals surface area contributed by atoms with Crippen LogP contribution in [0, 0.1) is 15.9 Å². The van der Waals surface area contributed by atoms with E-state index in [1.165, 1.54) is 30.5 Å². The van der Waals surface area contributed by atoms with Gasteiger partial charge in [-0.2, -0.15) is 5.10 Å². The maximum absolute atomic E-state index is 13.0. The van der Waals surface area contributed by atoms with Crippen LogP contribution in [-0.2, 0) is 6.61 Å². The van der Waals surface area contributed by atoms with Crippen molar-refractivity contribution < 1.29 is 14.1 Å². The lowest BCUT2D eigenvalue weighted by Gasteiger charge is -2.11. The average molecular weight is 480 g/mol. The zero-order valence-corrected chi connectivity index (χ0v) is 17.0. The van der Waals surface area contributed by atoms with Crippen molar-refractivity contribution in [1.82, 2.24) is 4.98 Å². The summed E-state index contributed by atoms with van der Waals surface area (Å²) in [6.45, 7) is 0.236. The van der Waals surface area contributed by atoms with Crippen LogP contribution in [0.3, 0.4) is 0 Å². The molecule has 10 heteroatoms. The summed E-state index contributed by atoms with van der Waals surface area (Å²) >= 11 is 9.71. The molecule has 2 aromatic carbocycles. The van der Waals surface area contributed by atoms with Crippen molar-refractivity contribution in [1.29, 1.82) is 0 Å². The molecule has 1 N–H and O–H groups in total. The third-order valence-corrected chi connectivity index (χ3v) is 4.54. The van der Waals surface area contributed by atoms with Gasteiger partial charge in [-0.25, -0.2) is 9.37 Å². The number of pyridine rings is 1. The molecule has 1 heterocycles. The summed E-state index contributed by atoms with van der Waals surface area (Å²) in [5, 5.41) is 15.0. The van der Waals surface area contributed by atoms with E-state index in [4.69, 9.17) is 16.3 Å². The first-order valence-electron chi connectivity index (χ1n) is 8.18. The van der Waals surface area contributed by atoms with Gasteiger partial charge in [0.05, 0.1) is 20.6 Å². The van der Waals surface area contributed by atoms with E-state index in [1.54, 1.807) is 24.3 Å². The zero-order chi connectivity index (χ0) is 20.8. The maximum Gasteiger partial charge on any atom is 0.287 e. The Bertz CT molecular complexity index is 1020. The number of anilines is 1. The lowest BCUT2D eigenvalue weighted by atomic mass is 10.2. The van der Waals surface area contributed by atoms with E-state index in [0.717, 1.165) is 11.8 Å². The molecule has 1 aromatic heterocycles. The van der Waals surface area contributed by atoms with Crippen molar-refractivity contribution in [3.05, 3.63) is 91.3 Å². The molecule has 0 amide bonds. The Balaban J connectivity index is 1.64. The molecule has 0 saturated heterocycles.